The molecule has 0 aliphatic rings. The Balaban J connectivity index is 3.78. The second kappa shape index (κ2) is 6.82. The predicted octanol–water partition coefficient (Wildman–Crippen LogP) is 1.37. The van der Waals surface area contributed by atoms with Crippen LogP contribution in [0.3, 0.4) is 0 Å². The molecular weight excluding hydrogens is 160 g/mol. The number of hydrogen-bond acceptors (Lipinski definition) is 4. The van der Waals surface area contributed by atoms with Crippen LogP contribution in [0.2, 0.25) is 0 Å². The molecule has 0 spiro atoms. The number of rotatable bonds is 5. The van der Waals surface area contributed by atoms with E-state index >= 15 is 0 Å². The highest BCUT2D eigenvalue weighted by atomic mass is 17.1. The Hall–Kier alpha value is -0.870. The quantitative estimate of drug-likeness (QED) is 0.296. The van der Waals surface area contributed by atoms with Gasteiger partial charge in [-0.15, -0.1) is 0 Å². The van der Waals surface area contributed by atoms with Crippen molar-refractivity contribution >= 4 is 5.97 Å². The summed E-state index contributed by atoms with van der Waals surface area (Å²) < 4.78 is 4.62. The van der Waals surface area contributed by atoms with E-state index in [-0.39, 0.29) is 0 Å². The van der Waals surface area contributed by atoms with Crippen LogP contribution in [0.15, 0.2) is 12.2 Å². The van der Waals surface area contributed by atoms with Crippen molar-refractivity contribution in [3.63, 3.8) is 0 Å². The molecule has 0 aromatic heterocycles. The smallest absolute Gasteiger partial charge is 0.330 e. The van der Waals surface area contributed by atoms with Gasteiger partial charge in [0.25, 0.3) is 0 Å². The van der Waals surface area contributed by atoms with E-state index in [1.54, 1.807) is 6.92 Å². The molecule has 0 heterocycles. The van der Waals surface area contributed by atoms with Crippen LogP contribution < -0.4 is 0 Å². The highest BCUT2D eigenvalue weighted by Gasteiger charge is 2.01. The minimum absolute atomic E-state index is 0.347. The number of hydrogen-bond donors (Lipinski definition) is 1. The summed E-state index contributed by atoms with van der Waals surface area (Å²) in [6.07, 6.45) is 2.87. The van der Waals surface area contributed by atoms with Crippen LogP contribution in [-0.2, 0) is 14.4 Å². The molecule has 0 fully saturated rings. The summed E-state index contributed by atoms with van der Waals surface area (Å²) in [5.41, 5.74) is 0. The first kappa shape index (κ1) is 11.1. The topological polar surface area (TPSA) is 55.8 Å². The standard InChI is InChI=1S/C8H14O4/c1-3-7(12-10)5-6-8(9)11-4-2/h5-7,10H,3-4H2,1-2H3/b6-5+. The molecular formula is C8H14O4. The van der Waals surface area contributed by atoms with Gasteiger partial charge in [-0.05, 0) is 19.4 Å². The summed E-state index contributed by atoms with van der Waals surface area (Å²) in [5.74, 6) is -0.423. The number of esters is 1. The SMILES string of the molecule is CCOC(=O)/C=C/C(CC)OO. The van der Waals surface area contributed by atoms with Crippen molar-refractivity contribution in [2.75, 3.05) is 6.61 Å². The summed E-state index contributed by atoms with van der Waals surface area (Å²) in [7, 11) is 0. The lowest BCUT2D eigenvalue weighted by Crippen LogP contribution is -2.07. The molecule has 0 aromatic rings. The van der Waals surface area contributed by atoms with Crippen molar-refractivity contribution in [1.82, 2.24) is 0 Å². The zero-order chi connectivity index (χ0) is 9.40. The van der Waals surface area contributed by atoms with E-state index in [4.69, 9.17) is 5.26 Å². The van der Waals surface area contributed by atoms with Crippen molar-refractivity contribution < 1.29 is 19.7 Å². The van der Waals surface area contributed by atoms with E-state index in [0.717, 1.165) is 0 Å². The van der Waals surface area contributed by atoms with Crippen LogP contribution >= 0.6 is 0 Å². The van der Waals surface area contributed by atoms with E-state index in [1.165, 1.54) is 12.2 Å². The summed E-state index contributed by atoms with van der Waals surface area (Å²) in [6, 6.07) is 0. The highest BCUT2D eigenvalue weighted by Crippen LogP contribution is 1.97. The van der Waals surface area contributed by atoms with Gasteiger partial charge in [0.2, 0.25) is 0 Å². The van der Waals surface area contributed by atoms with Gasteiger partial charge in [-0.1, -0.05) is 6.92 Å². The molecule has 0 amide bonds. The molecule has 0 aliphatic carbocycles. The fourth-order valence-corrected chi connectivity index (χ4v) is 0.622. The van der Waals surface area contributed by atoms with Crippen LogP contribution in [0, 0.1) is 0 Å². The minimum Gasteiger partial charge on any atom is -0.463 e. The first-order valence-electron chi connectivity index (χ1n) is 3.89. The Labute approximate surface area is 71.7 Å². The maximum absolute atomic E-state index is 10.7. The number of carbonyl (C=O) groups is 1. The maximum atomic E-state index is 10.7. The molecule has 70 valence electrons. The van der Waals surface area contributed by atoms with Crippen molar-refractivity contribution in [1.29, 1.82) is 0 Å². The molecule has 12 heavy (non-hydrogen) atoms. The zero-order valence-corrected chi connectivity index (χ0v) is 7.32. The number of ether oxygens (including phenoxy) is 1. The van der Waals surface area contributed by atoms with Crippen LogP contribution in [-0.4, -0.2) is 23.9 Å². The average Bonchev–Trinajstić information content (AvgIpc) is 2.07. The Bertz CT molecular complexity index is 149. The van der Waals surface area contributed by atoms with Crippen LogP contribution in [0.1, 0.15) is 20.3 Å². The summed E-state index contributed by atoms with van der Waals surface area (Å²) in [5, 5.41) is 8.27. The number of carbonyl (C=O) groups excluding carboxylic acids is 1. The fourth-order valence-electron chi connectivity index (χ4n) is 0.622. The van der Waals surface area contributed by atoms with E-state index in [0.29, 0.717) is 13.0 Å². The van der Waals surface area contributed by atoms with Crippen molar-refractivity contribution in [2.45, 2.75) is 26.4 Å². The van der Waals surface area contributed by atoms with Gasteiger partial charge in [0.15, 0.2) is 0 Å². The van der Waals surface area contributed by atoms with Crippen LogP contribution in [0.5, 0.6) is 0 Å². The normalized spacial score (nSPS) is 13.2. The first-order chi connectivity index (χ1) is 5.74. The lowest BCUT2D eigenvalue weighted by atomic mass is 10.2. The predicted molar refractivity (Wildman–Crippen MR) is 43.6 cm³/mol. The second-order valence-electron chi connectivity index (χ2n) is 2.16. The minimum atomic E-state index is -0.436. The zero-order valence-electron chi connectivity index (χ0n) is 7.32. The molecule has 0 saturated heterocycles. The van der Waals surface area contributed by atoms with E-state index in [9.17, 15) is 4.79 Å². The monoisotopic (exact) mass is 174 g/mol. The van der Waals surface area contributed by atoms with Crippen molar-refractivity contribution in [3.05, 3.63) is 12.2 Å². The van der Waals surface area contributed by atoms with Crippen molar-refractivity contribution in [3.8, 4) is 0 Å². The third kappa shape index (κ3) is 4.87. The Morgan fingerprint density at radius 2 is 2.25 bits per heavy atom. The molecule has 1 unspecified atom stereocenters. The Morgan fingerprint density at radius 3 is 2.67 bits per heavy atom. The van der Waals surface area contributed by atoms with Gasteiger partial charge in [-0.25, -0.2) is 9.68 Å². The largest absolute Gasteiger partial charge is 0.463 e. The molecule has 0 aromatic carbocycles. The van der Waals surface area contributed by atoms with Gasteiger partial charge >= 0.3 is 5.97 Å². The summed E-state index contributed by atoms with van der Waals surface area (Å²) >= 11 is 0. The van der Waals surface area contributed by atoms with Gasteiger partial charge in [0, 0.05) is 6.08 Å². The van der Waals surface area contributed by atoms with Gasteiger partial charge < -0.3 is 4.74 Å². The molecule has 1 N–H and O–H groups in total. The lowest BCUT2D eigenvalue weighted by molar-refractivity contribution is -0.266. The molecule has 1 atom stereocenters. The molecule has 4 heteroatoms. The Kier molecular flexibility index (Phi) is 6.32. The first-order valence-corrected chi connectivity index (χ1v) is 3.89. The maximum Gasteiger partial charge on any atom is 0.330 e. The van der Waals surface area contributed by atoms with Crippen LogP contribution in [0.4, 0.5) is 0 Å². The van der Waals surface area contributed by atoms with Crippen molar-refractivity contribution in [2.24, 2.45) is 0 Å². The third-order valence-corrected chi connectivity index (χ3v) is 1.27. The third-order valence-electron chi connectivity index (χ3n) is 1.27. The van der Waals surface area contributed by atoms with Gasteiger partial charge in [-0.3, -0.25) is 5.26 Å². The Morgan fingerprint density at radius 1 is 1.58 bits per heavy atom. The molecule has 0 aliphatic heterocycles. The molecule has 0 bridgehead atoms. The highest BCUT2D eigenvalue weighted by molar-refractivity contribution is 5.81. The fraction of sp³-hybridized carbons (Fsp3) is 0.625. The van der Waals surface area contributed by atoms with E-state index < -0.39 is 12.1 Å². The summed E-state index contributed by atoms with van der Waals surface area (Å²) in [4.78, 5) is 14.8. The van der Waals surface area contributed by atoms with Crippen LogP contribution in [0.25, 0.3) is 0 Å². The van der Waals surface area contributed by atoms with Gasteiger partial charge in [0.05, 0.1) is 6.61 Å². The molecule has 0 saturated carbocycles. The van der Waals surface area contributed by atoms with Gasteiger partial charge in [-0.2, -0.15) is 0 Å². The summed E-state index contributed by atoms with van der Waals surface area (Å²) in [6.45, 7) is 3.90. The van der Waals surface area contributed by atoms with E-state index in [1.807, 2.05) is 6.92 Å². The average molecular weight is 174 g/mol. The van der Waals surface area contributed by atoms with E-state index in [2.05, 4.69) is 9.62 Å². The second-order valence-corrected chi connectivity index (χ2v) is 2.16. The van der Waals surface area contributed by atoms with Gasteiger partial charge in [0.1, 0.15) is 6.10 Å². The lowest BCUT2D eigenvalue weighted by Gasteiger charge is -2.03. The molecule has 0 rings (SSSR count). The molecule has 0 radical (unpaired) electrons. The molecule has 4 nitrogen and oxygen atoms in total.